The molecule has 0 radical (unpaired) electrons. The van der Waals surface area contributed by atoms with Crippen LogP contribution in [0.3, 0.4) is 0 Å². The lowest BCUT2D eigenvalue weighted by Gasteiger charge is -2.05. The molecule has 2 rings (SSSR count). The minimum atomic E-state index is -0.103. The van der Waals surface area contributed by atoms with Crippen LogP contribution in [-0.4, -0.2) is 15.7 Å². The lowest BCUT2D eigenvalue weighted by Crippen LogP contribution is -2.12. The van der Waals surface area contributed by atoms with E-state index >= 15 is 0 Å². The van der Waals surface area contributed by atoms with Gasteiger partial charge in [0.1, 0.15) is 0 Å². The zero-order valence-electron chi connectivity index (χ0n) is 10.9. The second-order valence-electron chi connectivity index (χ2n) is 4.28. The van der Waals surface area contributed by atoms with Crippen LogP contribution in [0.15, 0.2) is 30.5 Å². The Morgan fingerprint density at radius 2 is 1.94 bits per heavy atom. The molecule has 4 heteroatoms. The molecular formula is C14H17N3O. The fourth-order valence-electron chi connectivity index (χ4n) is 1.79. The third kappa shape index (κ3) is 2.42. The molecular weight excluding hydrogens is 226 g/mol. The van der Waals surface area contributed by atoms with Gasteiger partial charge in [-0.25, -0.2) is 0 Å². The summed E-state index contributed by atoms with van der Waals surface area (Å²) >= 11 is 0. The highest BCUT2D eigenvalue weighted by Gasteiger charge is 2.10. The van der Waals surface area contributed by atoms with Gasteiger partial charge in [0.15, 0.2) is 0 Å². The Morgan fingerprint density at radius 1 is 1.28 bits per heavy atom. The number of aromatic nitrogens is 2. The fourth-order valence-corrected chi connectivity index (χ4v) is 1.79. The van der Waals surface area contributed by atoms with Gasteiger partial charge in [0.2, 0.25) is 0 Å². The normalized spacial score (nSPS) is 10.4. The van der Waals surface area contributed by atoms with Crippen LogP contribution >= 0.6 is 0 Å². The molecule has 1 amide bonds. The number of aryl methyl sites for hydroxylation is 2. The molecule has 0 aliphatic carbocycles. The highest BCUT2D eigenvalue weighted by atomic mass is 16.1. The van der Waals surface area contributed by atoms with E-state index in [1.807, 2.05) is 49.7 Å². The van der Waals surface area contributed by atoms with Crippen LogP contribution in [0.2, 0.25) is 0 Å². The lowest BCUT2D eigenvalue weighted by molar-refractivity contribution is 0.102. The van der Waals surface area contributed by atoms with Gasteiger partial charge in [-0.05, 0) is 32.9 Å². The van der Waals surface area contributed by atoms with Crippen LogP contribution in [0.5, 0.6) is 0 Å². The average Bonchev–Trinajstić information content (AvgIpc) is 2.71. The van der Waals surface area contributed by atoms with Crippen molar-refractivity contribution in [2.75, 3.05) is 5.32 Å². The quantitative estimate of drug-likeness (QED) is 0.901. The van der Waals surface area contributed by atoms with Gasteiger partial charge in [-0.15, -0.1) is 0 Å². The fraction of sp³-hybridized carbons (Fsp3) is 0.286. The smallest absolute Gasteiger partial charge is 0.255 e. The average molecular weight is 243 g/mol. The monoisotopic (exact) mass is 243 g/mol. The molecule has 2 aromatic rings. The lowest BCUT2D eigenvalue weighted by atomic mass is 10.1. The van der Waals surface area contributed by atoms with Crippen molar-refractivity contribution in [2.24, 2.45) is 0 Å². The Morgan fingerprint density at radius 3 is 2.50 bits per heavy atom. The number of carbonyl (C=O) groups is 1. The van der Waals surface area contributed by atoms with Crippen molar-refractivity contribution < 1.29 is 4.79 Å². The molecule has 1 N–H and O–H groups in total. The molecule has 0 aliphatic rings. The van der Waals surface area contributed by atoms with E-state index in [1.54, 1.807) is 6.20 Å². The van der Waals surface area contributed by atoms with Gasteiger partial charge in [-0.2, -0.15) is 5.10 Å². The maximum absolute atomic E-state index is 12.0. The summed E-state index contributed by atoms with van der Waals surface area (Å²) < 4.78 is 1.85. The maximum atomic E-state index is 12.0. The largest absolute Gasteiger partial charge is 0.319 e. The molecule has 0 atom stereocenters. The molecule has 0 saturated heterocycles. The van der Waals surface area contributed by atoms with E-state index in [0.717, 1.165) is 23.5 Å². The van der Waals surface area contributed by atoms with Gasteiger partial charge in [0.25, 0.3) is 5.91 Å². The predicted molar refractivity (Wildman–Crippen MR) is 71.8 cm³/mol. The molecule has 4 nitrogen and oxygen atoms in total. The van der Waals surface area contributed by atoms with Crippen molar-refractivity contribution in [3.05, 3.63) is 47.3 Å². The number of hydrogen-bond donors (Lipinski definition) is 1. The summed E-state index contributed by atoms with van der Waals surface area (Å²) in [5, 5.41) is 7.08. The Labute approximate surface area is 107 Å². The number of amides is 1. The van der Waals surface area contributed by atoms with Crippen LogP contribution in [-0.2, 0) is 6.54 Å². The molecule has 0 spiro atoms. The Balaban J connectivity index is 2.16. The first kappa shape index (κ1) is 12.4. The number of carbonyl (C=O) groups excluding carboxylic acids is 1. The molecule has 0 aliphatic heterocycles. The van der Waals surface area contributed by atoms with E-state index in [4.69, 9.17) is 0 Å². The second-order valence-corrected chi connectivity index (χ2v) is 4.28. The van der Waals surface area contributed by atoms with Crippen molar-refractivity contribution in [2.45, 2.75) is 27.3 Å². The summed E-state index contributed by atoms with van der Waals surface area (Å²) in [5.74, 6) is -0.103. The number of rotatable bonds is 3. The minimum Gasteiger partial charge on any atom is -0.319 e. The first-order chi connectivity index (χ1) is 8.61. The number of benzene rings is 1. The van der Waals surface area contributed by atoms with Crippen LogP contribution in [0.25, 0.3) is 0 Å². The first-order valence-corrected chi connectivity index (χ1v) is 6.02. The molecule has 0 saturated carbocycles. The summed E-state index contributed by atoms with van der Waals surface area (Å²) in [4.78, 5) is 12.0. The number of nitrogens with one attached hydrogen (secondary N) is 1. The first-order valence-electron chi connectivity index (χ1n) is 6.02. The van der Waals surface area contributed by atoms with Crippen LogP contribution < -0.4 is 5.32 Å². The van der Waals surface area contributed by atoms with Crippen molar-refractivity contribution in [1.29, 1.82) is 0 Å². The van der Waals surface area contributed by atoms with Crippen molar-refractivity contribution >= 4 is 11.6 Å². The van der Waals surface area contributed by atoms with Gasteiger partial charge in [0.05, 0.1) is 17.6 Å². The van der Waals surface area contributed by atoms with Gasteiger partial charge in [-0.1, -0.05) is 17.7 Å². The molecule has 1 heterocycles. The Hall–Kier alpha value is -2.10. The zero-order valence-corrected chi connectivity index (χ0v) is 10.9. The summed E-state index contributed by atoms with van der Waals surface area (Å²) in [7, 11) is 0. The molecule has 0 bridgehead atoms. The van der Waals surface area contributed by atoms with E-state index in [1.165, 1.54) is 0 Å². The zero-order chi connectivity index (χ0) is 13.1. The predicted octanol–water partition coefficient (Wildman–Crippen LogP) is 2.77. The van der Waals surface area contributed by atoms with Crippen molar-refractivity contribution in [3.63, 3.8) is 0 Å². The third-order valence-electron chi connectivity index (χ3n) is 2.96. The van der Waals surface area contributed by atoms with Crippen molar-refractivity contribution in [3.8, 4) is 0 Å². The molecule has 0 fully saturated rings. The number of nitrogens with zero attached hydrogens (tertiary/aromatic N) is 2. The second kappa shape index (κ2) is 5.04. The van der Waals surface area contributed by atoms with Gasteiger partial charge in [0, 0.05) is 12.1 Å². The summed E-state index contributed by atoms with van der Waals surface area (Å²) in [6.07, 6.45) is 1.69. The molecule has 1 aromatic carbocycles. The minimum absolute atomic E-state index is 0.103. The van der Waals surface area contributed by atoms with E-state index in [0.29, 0.717) is 5.56 Å². The Bertz CT molecular complexity index is 555. The van der Waals surface area contributed by atoms with E-state index in [9.17, 15) is 4.79 Å². The molecule has 94 valence electrons. The SMILES string of the molecule is CCn1ncc(NC(=O)c2ccc(C)cc2)c1C. The van der Waals surface area contributed by atoms with Crippen molar-refractivity contribution in [1.82, 2.24) is 9.78 Å². The Kier molecular flexibility index (Phi) is 3.46. The topological polar surface area (TPSA) is 46.9 Å². The van der Waals surface area contributed by atoms with E-state index in [2.05, 4.69) is 10.4 Å². The molecule has 18 heavy (non-hydrogen) atoms. The summed E-state index contributed by atoms with van der Waals surface area (Å²) in [5.41, 5.74) is 3.53. The number of anilines is 1. The molecule has 1 aromatic heterocycles. The third-order valence-corrected chi connectivity index (χ3v) is 2.96. The van der Waals surface area contributed by atoms with E-state index < -0.39 is 0 Å². The van der Waals surface area contributed by atoms with Gasteiger partial charge >= 0.3 is 0 Å². The van der Waals surface area contributed by atoms with Gasteiger partial charge < -0.3 is 5.32 Å². The van der Waals surface area contributed by atoms with E-state index in [-0.39, 0.29) is 5.91 Å². The van der Waals surface area contributed by atoms with Gasteiger partial charge in [-0.3, -0.25) is 9.48 Å². The van der Waals surface area contributed by atoms with Crippen LogP contribution in [0.1, 0.15) is 28.5 Å². The maximum Gasteiger partial charge on any atom is 0.255 e. The van der Waals surface area contributed by atoms with Crippen LogP contribution in [0.4, 0.5) is 5.69 Å². The highest BCUT2D eigenvalue weighted by Crippen LogP contribution is 2.15. The summed E-state index contributed by atoms with van der Waals surface area (Å²) in [6.45, 7) is 6.76. The molecule has 0 unspecified atom stereocenters. The summed E-state index contributed by atoms with van der Waals surface area (Å²) in [6, 6.07) is 7.50. The highest BCUT2D eigenvalue weighted by molar-refractivity contribution is 6.04. The number of hydrogen-bond acceptors (Lipinski definition) is 2. The van der Waals surface area contributed by atoms with Crippen LogP contribution in [0, 0.1) is 13.8 Å². The standard InChI is InChI=1S/C14H17N3O/c1-4-17-11(3)13(9-15-17)16-14(18)12-7-5-10(2)6-8-12/h5-9H,4H2,1-3H3,(H,16,18).